The van der Waals surface area contributed by atoms with Gasteiger partial charge in [-0.1, -0.05) is 0 Å². The first-order valence-corrected chi connectivity index (χ1v) is 5.70. The Labute approximate surface area is 104 Å². The average Bonchev–Trinajstić information content (AvgIpc) is 2.68. The Hall–Kier alpha value is -1.08. The third-order valence-electron chi connectivity index (χ3n) is 2.50. The summed E-state index contributed by atoms with van der Waals surface area (Å²) in [4.78, 5) is 3.97. The lowest BCUT2D eigenvalue weighted by molar-refractivity contribution is -0.139. The molecule has 1 rings (SSSR count). The number of alkyl halides is 3. The highest BCUT2D eigenvalue weighted by Crippen LogP contribution is 2.21. The molecule has 0 fully saturated rings. The number of nitrogens with zero attached hydrogens (tertiary/aromatic N) is 2. The van der Waals surface area contributed by atoms with Gasteiger partial charge in [0, 0.05) is 32.4 Å². The molecule has 1 aromatic heterocycles. The normalized spacial score (nSPS) is 13.8. The Morgan fingerprint density at radius 1 is 1.50 bits per heavy atom. The van der Waals surface area contributed by atoms with Gasteiger partial charge in [-0.25, -0.2) is 4.98 Å². The fourth-order valence-corrected chi connectivity index (χ4v) is 1.58. The Balaban J connectivity index is 2.41. The predicted molar refractivity (Wildman–Crippen MR) is 61.1 cm³/mol. The maximum Gasteiger partial charge on any atom is 0.390 e. The van der Waals surface area contributed by atoms with Crippen LogP contribution < -0.4 is 5.32 Å². The second-order valence-electron chi connectivity index (χ2n) is 4.17. The molecule has 0 aromatic carbocycles. The molecule has 1 atom stereocenters. The molecular weight excluding hydrogens is 247 g/mol. The lowest BCUT2D eigenvalue weighted by atomic mass is 10.2. The van der Waals surface area contributed by atoms with Gasteiger partial charge in [0.2, 0.25) is 0 Å². The summed E-state index contributed by atoms with van der Waals surface area (Å²) in [6, 6.07) is -0.615. The number of aromatic nitrogens is 2. The standard InChI is InChI=1S/C11H18F3N3O/c1-9(5-11(12,13)14)16-7-10-6-15-8-17(10)3-4-18-2/h6,8-9,16H,3-5,7H2,1-2H3/t9-/m0/s1. The highest BCUT2D eigenvalue weighted by molar-refractivity contribution is 4.98. The Kier molecular flexibility index (Phi) is 5.61. The molecule has 0 radical (unpaired) electrons. The third kappa shape index (κ3) is 5.50. The van der Waals surface area contributed by atoms with Crippen LogP contribution in [0.2, 0.25) is 0 Å². The van der Waals surface area contributed by atoms with E-state index in [-0.39, 0.29) is 0 Å². The molecule has 0 aliphatic rings. The van der Waals surface area contributed by atoms with E-state index in [9.17, 15) is 13.2 Å². The van der Waals surface area contributed by atoms with Gasteiger partial charge in [0.15, 0.2) is 0 Å². The van der Waals surface area contributed by atoms with E-state index in [1.165, 1.54) is 6.92 Å². The van der Waals surface area contributed by atoms with Crippen LogP contribution in [0.3, 0.4) is 0 Å². The van der Waals surface area contributed by atoms with Crippen LogP contribution in [-0.2, 0) is 17.8 Å². The van der Waals surface area contributed by atoms with Crippen molar-refractivity contribution in [1.82, 2.24) is 14.9 Å². The molecule has 0 amide bonds. The van der Waals surface area contributed by atoms with Crippen molar-refractivity contribution in [2.45, 2.75) is 38.7 Å². The number of hydrogen-bond donors (Lipinski definition) is 1. The van der Waals surface area contributed by atoms with E-state index in [1.807, 2.05) is 4.57 Å². The summed E-state index contributed by atoms with van der Waals surface area (Å²) in [6.45, 7) is 3.06. The molecule has 18 heavy (non-hydrogen) atoms. The predicted octanol–water partition coefficient (Wildman–Crippen LogP) is 1.96. The zero-order valence-electron chi connectivity index (χ0n) is 10.5. The topological polar surface area (TPSA) is 39.1 Å². The number of imidazole rings is 1. The average molecular weight is 265 g/mol. The van der Waals surface area contributed by atoms with Crippen LogP contribution >= 0.6 is 0 Å². The van der Waals surface area contributed by atoms with Crippen LogP contribution in [-0.4, -0.2) is 35.5 Å². The lowest BCUT2D eigenvalue weighted by Gasteiger charge is -2.16. The first-order valence-electron chi connectivity index (χ1n) is 5.70. The van der Waals surface area contributed by atoms with E-state index in [2.05, 4.69) is 10.3 Å². The smallest absolute Gasteiger partial charge is 0.383 e. The van der Waals surface area contributed by atoms with Gasteiger partial charge in [-0.3, -0.25) is 0 Å². The fraction of sp³-hybridized carbons (Fsp3) is 0.727. The number of nitrogens with one attached hydrogen (secondary N) is 1. The highest BCUT2D eigenvalue weighted by atomic mass is 19.4. The summed E-state index contributed by atoms with van der Waals surface area (Å²) < 4.78 is 43.2. The quantitative estimate of drug-likeness (QED) is 0.819. The number of ether oxygens (including phenoxy) is 1. The van der Waals surface area contributed by atoms with E-state index in [0.717, 1.165) is 5.69 Å². The van der Waals surface area contributed by atoms with Crippen molar-refractivity contribution in [2.24, 2.45) is 0 Å². The molecule has 1 N–H and O–H groups in total. The summed E-state index contributed by atoms with van der Waals surface area (Å²) in [6.07, 6.45) is -1.69. The Bertz CT molecular complexity index is 352. The first-order chi connectivity index (χ1) is 8.42. The third-order valence-corrected chi connectivity index (χ3v) is 2.50. The van der Waals surface area contributed by atoms with Crippen molar-refractivity contribution in [3.8, 4) is 0 Å². The molecule has 104 valence electrons. The minimum atomic E-state index is -4.14. The van der Waals surface area contributed by atoms with Crippen molar-refractivity contribution in [1.29, 1.82) is 0 Å². The molecule has 7 heteroatoms. The summed E-state index contributed by atoms with van der Waals surface area (Å²) >= 11 is 0. The minimum Gasteiger partial charge on any atom is -0.383 e. The van der Waals surface area contributed by atoms with Crippen molar-refractivity contribution < 1.29 is 17.9 Å². The SMILES string of the molecule is COCCn1cncc1CN[C@@H](C)CC(F)(F)F. The Morgan fingerprint density at radius 3 is 2.83 bits per heavy atom. The first kappa shape index (κ1) is 15.0. The monoisotopic (exact) mass is 265 g/mol. The second-order valence-corrected chi connectivity index (χ2v) is 4.17. The molecule has 0 saturated carbocycles. The molecule has 4 nitrogen and oxygen atoms in total. The summed E-state index contributed by atoms with van der Waals surface area (Å²) in [5.41, 5.74) is 0.848. The van der Waals surface area contributed by atoms with Gasteiger partial charge < -0.3 is 14.6 Å². The van der Waals surface area contributed by atoms with Gasteiger partial charge in [0.1, 0.15) is 0 Å². The second kappa shape index (κ2) is 6.75. The number of rotatable bonds is 7. The zero-order valence-corrected chi connectivity index (χ0v) is 10.5. The fourth-order valence-electron chi connectivity index (χ4n) is 1.58. The number of methoxy groups -OCH3 is 1. The molecule has 1 aromatic rings. The Morgan fingerprint density at radius 2 is 2.22 bits per heavy atom. The summed E-state index contributed by atoms with van der Waals surface area (Å²) in [5, 5.41) is 2.84. The van der Waals surface area contributed by atoms with Crippen LogP contribution in [0.15, 0.2) is 12.5 Å². The minimum absolute atomic E-state index is 0.362. The summed E-state index contributed by atoms with van der Waals surface area (Å²) in [5.74, 6) is 0. The van der Waals surface area contributed by atoms with Gasteiger partial charge in [-0.2, -0.15) is 13.2 Å². The highest BCUT2D eigenvalue weighted by Gasteiger charge is 2.29. The molecule has 0 saturated heterocycles. The van der Waals surface area contributed by atoms with E-state index >= 15 is 0 Å². The largest absolute Gasteiger partial charge is 0.390 e. The maximum atomic E-state index is 12.1. The van der Waals surface area contributed by atoms with Crippen molar-refractivity contribution in [3.63, 3.8) is 0 Å². The zero-order chi connectivity index (χ0) is 13.6. The van der Waals surface area contributed by atoms with Crippen LogP contribution in [0.5, 0.6) is 0 Å². The van der Waals surface area contributed by atoms with Crippen LogP contribution in [0, 0.1) is 0 Å². The summed E-state index contributed by atoms with van der Waals surface area (Å²) in [7, 11) is 1.60. The van der Waals surface area contributed by atoms with Crippen molar-refractivity contribution >= 4 is 0 Å². The van der Waals surface area contributed by atoms with E-state index in [4.69, 9.17) is 4.74 Å². The van der Waals surface area contributed by atoms with Gasteiger partial charge in [-0.15, -0.1) is 0 Å². The van der Waals surface area contributed by atoms with E-state index in [1.54, 1.807) is 19.6 Å². The lowest BCUT2D eigenvalue weighted by Crippen LogP contribution is -2.31. The van der Waals surface area contributed by atoms with Gasteiger partial charge in [0.25, 0.3) is 0 Å². The van der Waals surface area contributed by atoms with Crippen LogP contribution in [0.4, 0.5) is 13.2 Å². The van der Waals surface area contributed by atoms with Crippen molar-refractivity contribution in [2.75, 3.05) is 13.7 Å². The maximum absolute atomic E-state index is 12.1. The van der Waals surface area contributed by atoms with Crippen molar-refractivity contribution in [3.05, 3.63) is 18.2 Å². The number of halogens is 3. The van der Waals surface area contributed by atoms with Gasteiger partial charge in [0.05, 0.1) is 25.0 Å². The van der Waals surface area contributed by atoms with E-state index < -0.39 is 18.6 Å². The van der Waals surface area contributed by atoms with Gasteiger partial charge >= 0.3 is 6.18 Å². The molecule has 0 aliphatic carbocycles. The molecule has 0 bridgehead atoms. The van der Waals surface area contributed by atoms with Crippen LogP contribution in [0.25, 0.3) is 0 Å². The molecule has 1 heterocycles. The molecule has 0 unspecified atom stereocenters. The van der Waals surface area contributed by atoms with Gasteiger partial charge in [-0.05, 0) is 6.92 Å². The molecular formula is C11H18F3N3O. The molecule has 0 aliphatic heterocycles. The van der Waals surface area contributed by atoms with Crippen LogP contribution in [0.1, 0.15) is 19.0 Å². The van der Waals surface area contributed by atoms with E-state index in [0.29, 0.717) is 19.7 Å². The number of hydrogen-bond acceptors (Lipinski definition) is 3. The molecule has 0 spiro atoms.